The molecule has 2 aromatic rings. The molecule has 26 heavy (non-hydrogen) atoms. The van der Waals surface area contributed by atoms with E-state index in [4.69, 9.17) is 4.74 Å². The minimum atomic E-state index is -0.132. The minimum Gasteiger partial charge on any atom is -0.492 e. The third-order valence-electron chi connectivity index (χ3n) is 4.14. The van der Waals surface area contributed by atoms with Gasteiger partial charge < -0.3 is 15.0 Å². The van der Waals surface area contributed by atoms with Gasteiger partial charge >= 0.3 is 6.03 Å². The number of nitrogens with zero attached hydrogens (tertiary/aromatic N) is 1. The SMILES string of the molecule is CCC(C)Sc1ccc(NC(=O)N(C)CCOc2ccccc2)c(C)c1. The second-order valence-corrected chi connectivity index (χ2v) is 7.84. The predicted molar refractivity (Wildman–Crippen MR) is 110 cm³/mol. The van der Waals surface area contributed by atoms with Crippen LogP contribution in [0, 0.1) is 6.92 Å². The van der Waals surface area contributed by atoms with Crippen LogP contribution in [0.2, 0.25) is 0 Å². The van der Waals surface area contributed by atoms with Crippen LogP contribution >= 0.6 is 11.8 Å². The third kappa shape index (κ3) is 6.30. The summed E-state index contributed by atoms with van der Waals surface area (Å²) in [4.78, 5) is 15.2. The van der Waals surface area contributed by atoms with E-state index in [0.29, 0.717) is 18.4 Å². The molecule has 2 rings (SSSR count). The van der Waals surface area contributed by atoms with E-state index in [1.165, 1.54) is 4.90 Å². The molecular weight excluding hydrogens is 344 g/mol. The van der Waals surface area contributed by atoms with Gasteiger partial charge in [-0.2, -0.15) is 0 Å². The van der Waals surface area contributed by atoms with Gasteiger partial charge in [-0.25, -0.2) is 4.79 Å². The number of carbonyl (C=O) groups excluding carboxylic acids is 1. The summed E-state index contributed by atoms with van der Waals surface area (Å²) in [6, 6.07) is 15.7. The molecule has 0 spiro atoms. The van der Waals surface area contributed by atoms with Crippen molar-refractivity contribution in [1.29, 1.82) is 0 Å². The molecule has 0 aromatic heterocycles. The van der Waals surface area contributed by atoms with Crippen molar-refractivity contribution in [3.05, 3.63) is 54.1 Å². The van der Waals surface area contributed by atoms with Gasteiger partial charge in [0.25, 0.3) is 0 Å². The fraction of sp³-hybridized carbons (Fsp3) is 0.381. The fourth-order valence-electron chi connectivity index (χ4n) is 2.29. The molecule has 0 aliphatic heterocycles. The lowest BCUT2D eigenvalue weighted by Crippen LogP contribution is -2.34. The van der Waals surface area contributed by atoms with Gasteiger partial charge in [-0.05, 0) is 49.2 Å². The normalized spacial score (nSPS) is 11.7. The molecule has 140 valence electrons. The Hall–Kier alpha value is -2.14. The third-order valence-corrected chi connectivity index (χ3v) is 5.40. The Morgan fingerprint density at radius 3 is 2.62 bits per heavy atom. The van der Waals surface area contributed by atoms with Crippen LogP contribution in [0.25, 0.3) is 0 Å². The second kappa shape index (κ2) is 10.1. The van der Waals surface area contributed by atoms with Crippen LogP contribution in [-0.4, -0.2) is 36.4 Å². The van der Waals surface area contributed by atoms with Crippen molar-refractivity contribution < 1.29 is 9.53 Å². The van der Waals surface area contributed by atoms with Gasteiger partial charge in [0, 0.05) is 22.9 Å². The summed E-state index contributed by atoms with van der Waals surface area (Å²) in [5.41, 5.74) is 1.92. The van der Waals surface area contributed by atoms with E-state index in [-0.39, 0.29) is 6.03 Å². The summed E-state index contributed by atoms with van der Waals surface area (Å²) in [5.74, 6) is 0.812. The molecule has 4 nitrogen and oxygen atoms in total. The maximum atomic E-state index is 12.4. The number of nitrogens with one attached hydrogen (secondary N) is 1. The van der Waals surface area contributed by atoms with Gasteiger partial charge in [-0.3, -0.25) is 0 Å². The molecular formula is C21H28N2O2S. The molecule has 0 aliphatic carbocycles. The molecule has 1 atom stereocenters. The number of rotatable bonds is 8. The van der Waals surface area contributed by atoms with Crippen LogP contribution in [0.5, 0.6) is 5.75 Å². The summed E-state index contributed by atoms with van der Waals surface area (Å²) in [5, 5.41) is 3.56. The average molecular weight is 373 g/mol. The molecule has 5 heteroatoms. The molecule has 0 saturated carbocycles. The highest BCUT2D eigenvalue weighted by molar-refractivity contribution is 7.99. The monoisotopic (exact) mass is 372 g/mol. The zero-order chi connectivity index (χ0) is 18.9. The first-order chi connectivity index (χ1) is 12.5. The topological polar surface area (TPSA) is 41.6 Å². The molecule has 2 amide bonds. The molecule has 0 bridgehead atoms. The second-order valence-electron chi connectivity index (χ2n) is 6.33. The number of ether oxygens (including phenoxy) is 1. The van der Waals surface area contributed by atoms with Crippen LogP contribution in [0.15, 0.2) is 53.4 Å². The number of likely N-dealkylation sites (N-methyl/N-ethyl adjacent to an activating group) is 1. The van der Waals surface area contributed by atoms with Gasteiger partial charge in [0.1, 0.15) is 12.4 Å². The number of carbonyl (C=O) groups is 1. The van der Waals surface area contributed by atoms with Gasteiger partial charge in [-0.15, -0.1) is 11.8 Å². The summed E-state index contributed by atoms with van der Waals surface area (Å²) >= 11 is 1.86. The molecule has 1 unspecified atom stereocenters. The first-order valence-electron chi connectivity index (χ1n) is 8.97. The number of urea groups is 1. The van der Waals surface area contributed by atoms with Gasteiger partial charge in [-0.1, -0.05) is 32.0 Å². The summed E-state index contributed by atoms with van der Waals surface area (Å²) in [6.45, 7) is 7.41. The predicted octanol–water partition coefficient (Wildman–Crippen LogP) is 5.43. The number of hydrogen-bond donors (Lipinski definition) is 1. The summed E-state index contributed by atoms with van der Waals surface area (Å²) in [7, 11) is 1.77. The van der Waals surface area contributed by atoms with E-state index in [1.807, 2.05) is 55.1 Å². The Morgan fingerprint density at radius 1 is 1.23 bits per heavy atom. The molecule has 0 heterocycles. The number of anilines is 1. The molecule has 1 N–H and O–H groups in total. The maximum absolute atomic E-state index is 12.4. The lowest BCUT2D eigenvalue weighted by Gasteiger charge is -2.19. The fourth-order valence-corrected chi connectivity index (χ4v) is 3.32. The molecule has 0 saturated heterocycles. The van der Waals surface area contributed by atoms with E-state index in [0.717, 1.165) is 23.4 Å². The Balaban J connectivity index is 1.84. The Labute approximate surface area is 160 Å². The Morgan fingerprint density at radius 2 is 1.96 bits per heavy atom. The van der Waals surface area contributed by atoms with Crippen LogP contribution in [0.3, 0.4) is 0 Å². The maximum Gasteiger partial charge on any atom is 0.321 e. The van der Waals surface area contributed by atoms with E-state index < -0.39 is 0 Å². The lowest BCUT2D eigenvalue weighted by molar-refractivity contribution is 0.207. The highest BCUT2D eigenvalue weighted by Gasteiger charge is 2.11. The smallest absolute Gasteiger partial charge is 0.321 e. The van der Waals surface area contributed by atoms with Crippen molar-refractivity contribution in [2.45, 2.75) is 37.3 Å². The van der Waals surface area contributed by atoms with E-state index >= 15 is 0 Å². The van der Waals surface area contributed by atoms with Crippen molar-refractivity contribution in [1.82, 2.24) is 4.90 Å². The van der Waals surface area contributed by atoms with Crippen LogP contribution in [-0.2, 0) is 0 Å². The van der Waals surface area contributed by atoms with Crippen LogP contribution < -0.4 is 10.1 Å². The highest BCUT2D eigenvalue weighted by Crippen LogP contribution is 2.28. The largest absolute Gasteiger partial charge is 0.492 e. The molecule has 2 aromatic carbocycles. The zero-order valence-corrected chi connectivity index (χ0v) is 16.8. The van der Waals surface area contributed by atoms with Crippen LogP contribution in [0.1, 0.15) is 25.8 Å². The van der Waals surface area contributed by atoms with E-state index in [9.17, 15) is 4.79 Å². The average Bonchev–Trinajstić information content (AvgIpc) is 2.64. The number of aryl methyl sites for hydroxylation is 1. The van der Waals surface area contributed by atoms with E-state index in [1.54, 1.807) is 11.9 Å². The van der Waals surface area contributed by atoms with Crippen molar-refractivity contribution in [3.8, 4) is 5.75 Å². The number of benzene rings is 2. The number of thioether (sulfide) groups is 1. The first kappa shape index (κ1) is 20.2. The number of amides is 2. The van der Waals surface area contributed by atoms with Crippen molar-refractivity contribution in [2.75, 3.05) is 25.5 Å². The highest BCUT2D eigenvalue weighted by atomic mass is 32.2. The summed E-state index contributed by atoms with van der Waals surface area (Å²) < 4.78 is 5.64. The number of para-hydroxylation sites is 1. The van der Waals surface area contributed by atoms with Crippen molar-refractivity contribution >= 4 is 23.5 Å². The quantitative estimate of drug-likeness (QED) is 0.628. The standard InChI is InChI=1S/C21H28N2O2S/c1-5-17(3)26-19-11-12-20(16(2)15-19)22-21(24)23(4)13-14-25-18-9-7-6-8-10-18/h6-12,15,17H,5,13-14H2,1-4H3,(H,22,24). The molecule has 0 radical (unpaired) electrons. The molecule has 0 fully saturated rings. The van der Waals surface area contributed by atoms with Gasteiger partial charge in [0.2, 0.25) is 0 Å². The van der Waals surface area contributed by atoms with Crippen molar-refractivity contribution in [3.63, 3.8) is 0 Å². The molecule has 0 aliphatic rings. The lowest BCUT2D eigenvalue weighted by atomic mass is 10.2. The Kier molecular flexibility index (Phi) is 7.85. The van der Waals surface area contributed by atoms with Gasteiger partial charge in [0.05, 0.1) is 6.54 Å². The number of hydrogen-bond acceptors (Lipinski definition) is 3. The zero-order valence-electron chi connectivity index (χ0n) is 16.0. The van der Waals surface area contributed by atoms with Gasteiger partial charge in [0.15, 0.2) is 0 Å². The first-order valence-corrected chi connectivity index (χ1v) is 9.84. The van der Waals surface area contributed by atoms with Crippen LogP contribution in [0.4, 0.5) is 10.5 Å². The van der Waals surface area contributed by atoms with E-state index in [2.05, 4.69) is 31.3 Å². The summed E-state index contributed by atoms with van der Waals surface area (Å²) in [6.07, 6.45) is 1.14. The minimum absolute atomic E-state index is 0.132. The van der Waals surface area contributed by atoms with Crippen molar-refractivity contribution in [2.24, 2.45) is 0 Å². The Bertz CT molecular complexity index is 706.